The first-order chi connectivity index (χ1) is 15.4. The summed E-state index contributed by atoms with van der Waals surface area (Å²) in [6, 6.07) is 0. The first kappa shape index (κ1) is 35.5. The molecule has 0 fully saturated rings. The van der Waals surface area contributed by atoms with Crippen LogP contribution in [0.5, 0.6) is 0 Å². The molecule has 0 aromatic rings. The number of nitrogens with zero attached hydrogens (tertiary/aromatic N) is 6. The minimum atomic E-state index is 0. The van der Waals surface area contributed by atoms with E-state index >= 15 is 0 Å². The van der Waals surface area contributed by atoms with E-state index < -0.39 is 0 Å². The zero-order valence-electron chi connectivity index (χ0n) is 21.4. The zero-order chi connectivity index (χ0) is 25.1. The molecule has 0 rings (SSSR count). The van der Waals surface area contributed by atoms with E-state index in [-0.39, 0.29) is 28.1 Å². The molecule has 0 atom stereocenters. The Bertz CT molecular complexity index is 526. The van der Waals surface area contributed by atoms with E-state index in [0.717, 1.165) is 0 Å². The molecule has 0 saturated heterocycles. The van der Waals surface area contributed by atoms with Crippen molar-refractivity contribution >= 4 is 0 Å². The monoisotopic (exact) mass is 518 g/mol. The fourth-order valence-electron chi connectivity index (χ4n) is 3.15. The van der Waals surface area contributed by atoms with Crippen LogP contribution in [0.1, 0.15) is 55.4 Å². The Kier molecular flexibility index (Phi) is 23.4. The van der Waals surface area contributed by atoms with Crippen molar-refractivity contribution in [2.24, 2.45) is 10.4 Å². The van der Waals surface area contributed by atoms with E-state index in [4.69, 9.17) is 10.4 Å². The SMILES string of the molecule is CCN(CC)C(N=O)=C(NO)N(CC)CC.CCN(CC)C(N=O)=C(NO)N(CC)CC.[Ni]. The maximum atomic E-state index is 10.9. The average Bonchev–Trinajstić information content (AvgIpc) is 2.83. The van der Waals surface area contributed by atoms with E-state index in [1.165, 1.54) is 0 Å². The van der Waals surface area contributed by atoms with Crippen molar-refractivity contribution in [3.8, 4) is 0 Å². The van der Waals surface area contributed by atoms with Gasteiger partial charge < -0.3 is 19.6 Å². The van der Waals surface area contributed by atoms with Crippen LogP contribution in [0.4, 0.5) is 0 Å². The fraction of sp³-hybridized carbons (Fsp3) is 0.800. The van der Waals surface area contributed by atoms with Crippen molar-refractivity contribution in [3.05, 3.63) is 33.1 Å². The Morgan fingerprint density at radius 1 is 0.545 bits per heavy atom. The summed E-state index contributed by atoms with van der Waals surface area (Å²) in [5, 5.41) is 24.3. The average molecular weight is 519 g/mol. The number of hydrogen-bond acceptors (Lipinski definition) is 12. The summed E-state index contributed by atoms with van der Waals surface area (Å²) in [5.41, 5.74) is 4.15. The van der Waals surface area contributed by atoms with Gasteiger partial charge in [0.25, 0.3) is 0 Å². The van der Waals surface area contributed by atoms with Crippen LogP contribution < -0.4 is 11.0 Å². The van der Waals surface area contributed by atoms with Crippen molar-refractivity contribution in [2.75, 3.05) is 52.4 Å². The standard InChI is InChI=1S/2C10H22N4O2.Ni/c2*1-5-13(6-2)9(11-15)10(12-16)14(7-3)8-4;/h2*11,15H,5-8H2,1-4H3;. The molecular weight excluding hydrogens is 475 g/mol. The second kappa shape index (κ2) is 21.7. The van der Waals surface area contributed by atoms with Gasteiger partial charge in [0.2, 0.25) is 11.6 Å². The molecule has 0 aliphatic heterocycles. The molecule has 4 N–H and O–H groups in total. The van der Waals surface area contributed by atoms with Gasteiger partial charge in [-0.1, -0.05) is 0 Å². The van der Waals surface area contributed by atoms with E-state index in [9.17, 15) is 9.81 Å². The first-order valence-corrected chi connectivity index (χ1v) is 11.3. The smallest absolute Gasteiger partial charge is 0.216 e. The maximum Gasteiger partial charge on any atom is 0.216 e. The second-order valence-corrected chi connectivity index (χ2v) is 6.44. The summed E-state index contributed by atoms with van der Waals surface area (Å²) >= 11 is 0. The molecule has 0 aliphatic rings. The molecule has 13 heteroatoms. The van der Waals surface area contributed by atoms with Crippen LogP contribution in [0, 0.1) is 9.81 Å². The first-order valence-electron chi connectivity index (χ1n) is 11.3. The number of hydrogen-bond donors (Lipinski definition) is 4. The van der Waals surface area contributed by atoms with Crippen LogP contribution in [0.25, 0.3) is 0 Å². The summed E-state index contributed by atoms with van der Waals surface area (Å²) in [7, 11) is 0. The van der Waals surface area contributed by atoms with E-state index in [1.54, 1.807) is 9.80 Å². The van der Waals surface area contributed by atoms with Gasteiger partial charge in [-0.25, -0.2) is 0 Å². The van der Waals surface area contributed by atoms with Crippen molar-refractivity contribution < 1.29 is 26.9 Å². The van der Waals surface area contributed by atoms with Gasteiger partial charge in [0.05, 0.1) is 0 Å². The fourth-order valence-corrected chi connectivity index (χ4v) is 3.15. The van der Waals surface area contributed by atoms with Crippen molar-refractivity contribution in [1.29, 1.82) is 0 Å². The predicted octanol–water partition coefficient (Wildman–Crippen LogP) is 3.08. The van der Waals surface area contributed by atoms with Crippen molar-refractivity contribution in [2.45, 2.75) is 55.4 Å². The molecule has 0 bridgehead atoms. The number of nitrogens with one attached hydrogen (secondary N) is 2. The molecule has 0 radical (unpaired) electrons. The Morgan fingerprint density at radius 3 is 0.879 bits per heavy atom. The molecule has 0 aliphatic carbocycles. The summed E-state index contributed by atoms with van der Waals surface area (Å²) < 4.78 is 0. The Balaban J connectivity index is -0.000000529. The molecule has 0 amide bonds. The normalized spacial score (nSPS) is 11.5. The molecule has 0 saturated carbocycles. The summed E-state index contributed by atoms with van der Waals surface area (Å²) in [6.45, 7) is 21.0. The molecule has 0 spiro atoms. The van der Waals surface area contributed by atoms with Gasteiger partial charge in [-0.2, -0.15) is 0 Å². The molecule has 12 nitrogen and oxygen atoms in total. The maximum absolute atomic E-state index is 10.9. The van der Waals surface area contributed by atoms with Crippen LogP contribution in [-0.4, -0.2) is 82.4 Å². The molecule has 198 valence electrons. The van der Waals surface area contributed by atoms with Gasteiger partial charge in [-0.05, 0) is 65.7 Å². The van der Waals surface area contributed by atoms with E-state index in [1.807, 2.05) is 65.2 Å². The molecular formula is C20H44N8NiO4. The largest absolute Gasteiger partial charge is 0.354 e. The molecule has 0 heterocycles. The van der Waals surface area contributed by atoms with E-state index in [0.29, 0.717) is 64.0 Å². The zero-order valence-corrected chi connectivity index (χ0v) is 22.4. The van der Waals surface area contributed by atoms with Gasteiger partial charge in [-0.3, -0.25) is 21.4 Å². The number of rotatable bonds is 16. The minimum Gasteiger partial charge on any atom is -0.354 e. The van der Waals surface area contributed by atoms with Crippen LogP contribution >= 0.6 is 0 Å². The van der Waals surface area contributed by atoms with E-state index in [2.05, 4.69) is 21.3 Å². The third kappa shape index (κ3) is 11.0. The van der Waals surface area contributed by atoms with Crippen LogP contribution in [0.3, 0.4) is 0 Å². The summed E-state index contributed by atoms with van der Waals surface area (Å²) in [6.07, 6.45) is 0. The Hall–Kier alpha value is -2.11. The number of nitroso groups, excluding NO2 is 2. The Labute approximate surface area is 208 Å². The summed E-state index contributed by atoms with van der Waals surface area (Å²) in [5.74, 6) is 1.22. The van der Waals surface area contributed by atoms with Gasteiger partial charge in [0.1, 0.15) is 0 Å². The Morgan fingerprint density at radius 2 is 0.758 bits per heavy atom. The minimum absolute atomic E-state index is 0. The van der Waals surface area contributed by atoms with Crippen LogP contribution in [0.2, 0.25) is 0 Å². The third-order valence-electron chi connectivity index (χ3n) is 5.09. The second-order valence-electron chi connectivity index (χ2n) is 6.44. The number of hydroxylamine groups is 2. The van der Waals surface area contributed by atoms with Gasteiger partial charge in [0.15, 0.2) is 11.6 Å². The van der Waals surface area contributed by atoms with Gasteiger partial charge in [-0.15, -0.1) is 9.81 Å². The molecule has 0 aromatic carbocycles. The quantitative estimate of drug-likeness (QED) is 0.137. The third-order valence-corrected chi connectivity index (χ3v) is 5.09. The molecule has 0 aromatic heterocycles. The van der Waals surface area contributed by atoms with Gasteiger partial charge in [0, 0.05) is 68.8 Å². The molecule has 33 heavy (non-hydrogen) atoms. The topological polar surface area (TPSA) is 136 Å². The van der Waals surface area contributed by atoms with Crippen LogP contribution in [0.15, 0.2) is 33.6 Å². The van der Waals surface area contributed by atoms with Crippen molar-refractivity contribution in [1.82, 2.24) is 30.6 Å². The van der Waals surface area contributed by atoms with Gasteiger partial charge >= 0.3 is 0 Å². The van der Waals surface area contributed by atoms with Crippen molar-refractivity contribution in [3.63, 3.8) is 0 Å². The molecule has 0 unspecified atom stereocenters. The summed E-state index contributed by atoms with van der Waals surface area (Å²) in [4.78, 5) is 29.0. The predicted molar refractivity (Wildman–Crippen MR) is 127 cm³/mol. The van der Waals surface area contributed by atoms with Crippen LogP contribution in [-0.2, 0) is 16.5 Å².